The molecule has 6 nitrogen and oxygen atoms in total. The average Bonchev–Trinajstić information content (AvgIpc) is 2.84. The van der Waals surface area contributed by atoms with Gasteiger partial charge in [-0.15, -0.1) is 0 Å². The largest absolute Gasteiger partial charge is 0.493 e. The van der Waals surface area contributed by atoms with Gasteiger partial charge in [0.15, 0.2) is 11.5 Å². The number of hydrogen-bond donors (Lipinski definition) is 0. The van der Waals surface area contributed by atoms with Gasteiger partial charge in [0.05, 0.1) is 19.8 Å². The van der Waals surface area contributed by atoms with Gasteiger partial charge in [-0.2, -0.15) is 13.2 Å². The van der Waals surface area contributed by atoms with Gasteiger partial charge >= 0.3 is 6.18 Å². The van der Waals surface area contributed by atoms with Crippen LogP contribution in [0.3, 0.4) is 0 Å². The first-order valence-electron chi connectivity index (χ1n) is 11.4. The lowest BCUT2D eigenvalue weighted by Gasteiger charge is -2.33. The van der Waals surface area contributed by atoms with E-state index in [4.69, 9.17) is 18.9 Å². The van der Waals surface area contributed by atoms with Gasteiger partial charge in [0, 0.05) is 19.2 Å². The zero-order valence-electron chi connectivity index (χ0n) is 21.9. The van der Waals surface area contributed by atoms with E-state index >= 15 is 0 Å². The molecule has 0 aliphatic carbocycles. The predicted molar refractivity (Wildman–Crippen MR) is 130 cm³/mol. The molecule has 0 saturated carbocycles. The first kappa shape index (κ1) is 28.7. The van der Waals surface area contributed by atoms with Crippen molar-refractivity contribution in [1.29, 1.82) is 0 Å². The first-order valence-corrected chi connectivity index (χ1v) is 11.4. The van der Waals surface area contributed by atoms with E-state index in [0.717, 1.165) is 17.7 Å². The summed E-state index contributed by atoms with van der Waals surface area (Å²) in [6, 6.07) is 9.05. The van der Waals surface area contributed by atoms with Gasteiger partial charge in [0.2, 0.25) is 0 Å². The monoisotopic (exact) mass is 498 g/mol. The topological polar surface area (TPSA) is 43.4 Å². The summed E-state index contributed by atoms with van der Waals surface area (Å²) < 4.78 is 63.1. The molecular formula is C26H37F3N2O4. The Kier molecular flexibility index (Phi) is 9.83. The molecule has 4 unspecified atom stereocenters. The third kappa shape index (κ3) is 7.02. The Hall–Kier alpha value is -2.49. The van der Waals surface area contributed by atoms with Crippen LogP contribution in [0, 0.1) is 0 Å². The average molecular weight is 499 g/mol. The van der Waals surface area contributed by atoms with Crippen molar-refractivity contribution in [2.24, 2.45) is 0 Å². The smallest absolute Gasteiger partial charge is 0.416 e. The Bertz CT molecular complexity index is 970. The predicted octanol–water partition coefficient (Wildman–Crippen LogP) is 6.13. The molecule has 2 rings (SSSR count). The van der Waals surface area contributed by atoms with Gasteiger partial charge in [0.1, 0.15) is 18.2 Å². The van der Waals surface area contributed by atoms with E-state index in [1.54, 1.807) is 41.4 Å². The summed E-state index contributed by atoms with van der Waals surface area (Å²) in [6.45, 7) is 7.47. The highest BCUT2D eigenvalue weighted by Crippen LogP contribution is 2.36. The van der Waals surface area contributed by atoms with Crippen LogP contribution >= 0.6 is 0 Å². The molecule has 0 aromatic heterocycles. The third-order valence-electron chi connectivity index (χ3n) is 6.65. The molecule has 2 aromatic rings. The lowest BCUT2D eigenvalue weighted by atomic mass is 10.0. The van der Waals surface area contributed by atoms with Crippen LogP contribution in [0.5, 0.6) is 17.2 Å². The highest BCUT2D eigenvalue weighted by Gasteiger charge is 2.33. The maximum absolute atomic E-state index is 13.7. The van der Waals surface area contributed by atoms with Crippen molar-refractivity contribution >= 4 is 0 Å². The Morgan fingerprint density at radius 2 is 1.29 bits per heavy atom. The molecule has 4 atom stereocenters. The quantitative estimate of drug-likeness (QED) is 0.348. The molecule has 196 valence electrons. The third-order valence-corrected chi connectivity index (χ3v) is 6.65. The van der Waals surface area contributed by atoms with Crippen molar-refractivity contribution < 1.29 is 32.1 Å². The molecular weight excluding hydrogens is 461 g/mol. The lowest BCUT2D eigenvalue weighted by molar-refractivity contribution is -0.137. The fraction of sp³-hybridized carbons (Fsp3) is 0.538. The lowest BCUT2D eigenvalue weighted by Crippen LogP contribution is -2.36. The van der Waals surface area contributed by atoms with Crippen LogP contribution in [0.1, 0.15) is 56.5 Å². The maximum atomic E-state index is 13.7. The molecule has 0 N–H and O–H groups in total. The minimum absolute atomic E-state index is 0.109. The summed E-state index contributed by atoms with van der Waals surface area (Å²) in [5.74, 6) is 1.37. The Morgan fingerprint density at radius 3 is 1.83 bits per heavy atom. The normalized spacial score (nSPS) is 15.6. The van der Waals surface area contributed by atoms with Crippen LogP contribution in [-0.2, 0) is 10.9 Å². The molecule has 0 fully saturated rings. The summed E-state index contributed by atoms with van der Waals surface area (Å²) in [4.78, 5) is 3.79. The van der Waals surface area contributed by atoms with Gasteiger partial charge in [-0.1, -0.05) is 6.07 Å². The Labute approximate surface area is 206 Å². The molecule has 0 spiro atoms. The second-order valence-electron chi connectivity index (χ2n) is 8.64. The molecule has 0 heterocycles. The van der Waals surface area contributed by atoms with Gasteiger partial charge in [-0.05, 0) is 83.2 Å². The van der Waals surface area contributed by atoms with E-state index in [9.17, 15) is 13.2 Å². The number of rotatable bonds is 11. The van der Waals surface area contributed by atoms with Crippen LogP contribution < -0.4 is 14.2 Å². The highest BCUT2D eigenvalue weighted by atomic mass is 19.4. The van der Waals surface area contributed by atoms with Crippen LogP contribution in [0.25, 0.3) is 0 Å². The second kappa shape index (κ2) is 12.0. The highest BCUT2D eigenvalue weighted by molar-refractivity contribution is 5.43. The Morgan fingerprint density at radius 1 is 0.714 bits per heavy atom. The first-order chi connectivity index (χ1) is 16.3. The van der Waals surface area contributed by atoms with Crippen molar-refractivity contribution in [3.63, 3.8) is 0 Å². The summed E-state index contributed by atoms with van der Waals surface area (Å²) in [5.41, 5.74) is 0.691. The van der Waals surface area contributed by atoms with E-state index in [2.05, 4.69) is 0 Å². The van der Waals surface area contributed by atoms with Crippen LogP contribution in [0.4, 0.5) is 13.2 Å². The molecule has 0 amide bonds. The van der Waals surface area contributed by atoms with Crippen molar-refractivity contribution in [3.05, 3.63) is 53.1 Å². The Balaban J connectivity index is 2.31. The fourth-order valence-electron chi connectivity index (χ4n) is 3.75. The maximum Gasteiger partial charge on any atom is 0.416 e. The van der Waals surface area contributed by atoms with Gasteiger partial charge in [-0.25, -0.2) is 0 Å². The summed E-state index contributed by atoms with van der Waals surface area (Å²) >= 11 is 0. The van der Waals surface area contributed by atoms with Crippen molar-refractivity contribution in [3.8, 4) is 17.2 Å². The summed E-state index contributed by atoms with van der Waals surface area (Å²) in [7, 11) is 8.36. The van der Waals surface area contributed by atoms with E-state index in [1.165, 1.54) is 0 Å². The molecule has 0 saturated heterocycles. The van der Waals surface area contributed by atoms with E-state index in [0.29, 0.717) is 17.1 Å². The zero-order valence-corrected chi connectivity index (χ0v) is 21.9. The SMILES string of the molecule is COc1ccc(C(C)N(C)C(C)Oc2cc(C(C)N(C)C(C)OC)cc(C(F)(F)F)c2)cc1OC. The fourth-order valence-corrected chi connectivity index (χ4v) is 3.75. The summed E-state index contributed by atoms with van der Waals surface area (Å²) in [5, 5.41) is 0. The number of halogens is 3. The molecule has 2 aromatic carbocycles. The van der Waals surface area contributed by atoms with E-state index in [1.807, 2.05) is 55.8 Å². The zero-order chi connectivity index (χ0) is 26.5. The molecule has 0 radical (unpaired) electrons. The van der Waals surface area contributed by atoms with E-state index in [-0.39, 0.29) is 24.1 Å². The molecule has 35 heavy (non-hydrogen) atoms. The number of methoxy groups -OCH3 is 3. The number of hydrogen-bond acceptors (Lipinski definition) is 6. The number of benzene rings is 2. The number of ether oxygens (including phenoxy) is 4. The summed E-state index contributed by atoms with van der Waals surface area (Å²) in [6.07, 6.45) is -5.28. The van der Waals surface area contributed by atoms with Crippen LogP contribution in [0.15, 0.2) is 36.4 Å². The minimum atomic E-state index is -4.50. The standard InChI is InChI=1S/C26H37F3N2O4/c1-16(20-10-11-24(33-8)25(14-20)34-9)31(6)19(4)35-23-13-21(12-22(15-23)26(27,28)29)17(2)30(5)18(3)32-7/h10-19H,1-9H3. The van der Waals surface area contributed by atoms with Gasteiger partial charge in [0.25, 0.3) is 0 Å². The molecule has 0 aliphatic heterocycles. The van der Waals surface area contributed by atoms with Gasteiger partial charge in [-0.3, -0.25) is 9.80 Å². The van der Waals surface area contributed by atoms with E-state index < -0.39 is 18.0 Å². The van der Waals surface area contributed by atoms with Crippen molar-refractivity contribution in [1.82, 2.24) is 9.80 Å². The molecule has 0 aliphatic rings. The second-order valence-corrected chi connectivity index (χ2v) is 8.64. The van der Waals surface area contributed by atoms with Crippen LogP contribution in [-0.4, -0.2) is 57.7 Å². The van der Waals surface area contributed by atoms with Crippen LogP contribution in [0.2, 0.25) is 0 Å². The molecule has 9 heteroatoms. The number of nitrogens with zero attached hydrogens (tertiary/aromatic N) is 2. The molecule has 0 bridgehead atoms. The minimum Gasteiger partial charge on any atom is -0.493 e. The number of alkyl halides is 3. The van der Waals surface area contributed by atoms with Crippen molar-refractivity contribution in [2.45, 2.75) is 58.4 Å². The van der Waals surface area contributed by atoms with Crippen molar-refractivity contribution in [2.75, 3.05) is 35.4 Å². The van der Waals surface area contributed by atoms with Gasteiger partial charge < -0.3 is 18.9 Å².